The first-order chi connectivity index (χ1) is 13.7. The van der Waals surface area contributed by atoms with Crippen LogP contribution in [0.15, 0.2) is 17.0 Å². The Labute approximate surface area is 175 Å². The summed E-state index contributed by atoms with van der Waals surface area (Å²) in [5, 5.41) is 1.55. The molecule has 1 N–H and O–H groups in total. The summed E-state index contributed by atoms with van der Waals surface area (Å²) in [6.45, 7) is 3.93. The minimum absolute atomic E-state index is 0.0166. The lowest BCUT2D eigenvalue weighted by molar-refractivity contribution is -0.137. The second kappa shape index (κ2) is 7.85. The lowest BCUT2D eigenvalue weighted by Crippen LogP contribution is -2.47. The Kier molecular flexibility index (Phi) is 5.56. The fraction of sp³-hybridized carbons (Fsp3) is 0.474. The van der Waals surface area contributed by atoms with Crippen molar-refractivity contribution in [2.75, 3.05) is 37.6 Å². The number of anilines is 1. The van der Waals surface area contributed by atoms with E-state index in [1.54, 1.807) is 0 Å². The summed E-state index contributed by atoms with van der Waals surface area (Å²) in [7, 11) is 0. The first-order valence-corrected chi connectivity index (χ1v) is 10.5. The molecule has 3 fully saturated rings. The van der Waals surface area contributed by atoms with Crippen molar-refractivity contribution in [2.45, 2.75) is 19.0 Å². The monoisotopic (exact) mass is 445 g/mol. The fourth-order valence-corrected chi connectivity index (χ4v) is 4.63. The van der Waals surface area contributed by atoms with Gasteiger partial charge in [0.05, 0.1) is 21.2 Å². The molecule has 4 rings (SSSR count). The number of nitrogens with one attached hydrogen (secondary N) is 1. The maximum absolute atomic E-state index is 13.3. The van der Waals surface area contributed by atoms with E-state index in [0.29, 0.717) is 30.5 Å². The molecule has 29 heavy (non-hydrogen) atoms. The number of hydrogen-bond donors (Lipinski definition) is 1. The Balaban J connectivity index is 1.66. The van der Waals surface area contributed by atoms with E-state index in [9.17, 15) is 22.8 Å². The van der Waals surface area contributed by atoms with E-state index in [-0.39, 0.29) is 15.5 Å². The van der Waals surface area contributed by atoms with Gasteiger partial charge in [0.2, 0.25) is 0 Å². The van der Waals surface area contributed by atoms with Crippen LogP contribution in [0, 0.1) is 5.92 Å². The summed E-state index contributed by atoms with van der Waals surface area (Å²) in [6, 6.07) is 1.91. The molecule has 0 aromatic heterocycles. The number of thioether (sulfide) groups is 1. The average Bonchev–Trinajstić information content (AvgIpc) is 3.39. The van der Waals surface area contributed by atoms with Crippen LogP contribution in [0.4, 0.5) is 23.7 Å². The molecule has 1 aromatic rings. The number of carbonyl (C=O) groups is 2. The van der Waals surface area contributed by atoms with E-state index in [1.165, 1.54) is 18.9 Å². The molecule has 2 amide bonds. The van der Waals surface area contributed by atoms with Gasteiger partial charge in [-0.25, -0.2) is 0 Å². The Morgan fingerprint density at radius 3 is 2.41 bits per heavy atom. The van der Waals surface area contributed by atoms with Gasteiger partial charge in [0.25, 0.3) is 11.1 Å². The van der Waals surface area contributed by atoms with Crippen LogP contribution in [0.2, 0.25) is 5.02 Å². The summed E-state index contributed by atoms with van der Waals surface area (Å²) in [5.74, 6) is 0.153. The van der Waals surface area contributed by atoms with Gasteiger partial charge in [-0.1, -0.05) is 11.6 Å². The SMILES string of the molecule is O=C1NC(=O)/C(=C/c2cc(C(F)(F)F)cc(Cl)c2N2CCN(CC3CC3)CC2)S1. The van der Waals surface area contributed by atoms with Crippen molar-refractivity contribution in [1.82, 2.24) is 10.2 Å². The Morgan fingerprint density at radius 1 is 1.17 bits per heavy atom. The van der Waals surface area contributed by atoms with Crippen molar-refractivity contribution >= 4 is 46.3 Å². The third-order valence-electron chi connectivity index (χ3n) is 5.25. The van der Waals surface area contributed by atoms with Crippen LogP contribution in [-0.4, -0.2) is 48.8 Å². The van der Waals surface area contributed by atoms with Gasteiger partial charge in [-0.3, -0.25) is 19.8 Å². The van der Waals surface area contributed by atoms with Gasteiger partial charge < -0.3 is 4.90 Å². The molecule has 0 spiro atoms. The van der Waals surface area contributed by atoms with Gasteiger partial charge >= 0.3 is 6.18 Å². The van der Waals surface area contributed by atoms with Crippen molar-refractivity contribution in [3.8, 4) is 0 Å². The van der Waals surface area contributed by atoms with Crippen molar-refractivity contribution in [2.24, 2.45) is 5.92 Å². The lowest BCUT2D eigenvalue weighted by Gasteiger charge is -2.37. The molecule has 5 nitrogen and oxygen atoms in total. The number of benzene rings is 1. The first-order valence-electron chi connectivity index (χ1n) is 9.33. The smallest absolute Gasteiger partial charge is 0.367 e. The lowest BCUT2D eigenvalue weighted by atomic mass is 10.0. The minimum atomic E-state index is -4.57. The number of rotatable bonds is 4. The highest BCUT2D eigenvalue weighted by molar-refractivity contribution is 8.18. The average molecular weight is 446 g/mol. The van der Waals surface area contributed by atoms with Crippen LogP contribution >= 0.6 is 23.4 Å². The van der Waals surface area contributed by atoms with E-state index in [0.717, 1.165) is 37.7 Å². The number of alkyl halides is 3. The number of piperazine rings is 1. The molecule has 2 aliphatic heterocycles. The van der Waals surface area contributed by atoms with Gasteiger partial charge in [-0.15, -0.1) is 0 Å². The molecular weight excluding hydrogens is 427 g/mol. The van der Waals surface area contributed by atoms with Crippen molar-refractivity contribution < 1.29 is 22.8 Å². The van der Waals surface area contributed by atoms with E-state index < -0.39 is 22.9 Å². The predicted molar refractivity (Wildman–Crippen MR) is 107 cm³/mol. The number of hydrogen-bond acceptors (Lipinski definition) is 5. The number of amides is 2. The Morgan fingerprint density at radius 2 is 1.86 bits per heavy atom. The summed E-state index contributed by atoms with van der Waals surface area (Å²) < 4.78 is 39.9. The van der Waals surface area contributed by atoms with Gasteiger partial charge in [0.15, 0.2) is 0 Å². The topological polar surface area (TPSA) is 52.7 Å². The standard InChI is InChI=1S/C19H19ClF3N3O2S/c20-14-9-13(19(21,22)23)7-12(8-15-17(27)24-18(28)29-15)16(14)26-5-3-25(4-6-26)10-11-1-2-11/h7-9,11H,1-6,10H2,(H,24,27,28)/b15-8-. The van der Waals surface area contributed by atoms with Crippen LogP contribution in [0.3, 0.4) is 0 Å². The molecule has 0 bridgehead atoms. The van der Waals surface area contributed by atoms with Crippen molar-refractivity contribution in [1.29, 1.82) is 0 Å². The quantitative estimate of drug-likeness (QED) is 0.703. The maximum Gasteiger partial charge on any atom is 0.416 e. The third kappa shape index (κ3) is 4.73. The predicted octanol–water partition coefficient (Wildman–Crippen LogP) is 4.21. The van der Waals surface area contributed by atoms with Gasteiger partial charge in [-0.2, -0.15) is 13.2 Å². The van der Waals surface area contributed by atoms with E-state index in [1.807, 2.05) is 4.90 Å². The first kappa shape index (κ1) is 20.6. The highest BCUT2D eigenvalue weighted by Gasteiger charge is 2.34. The van der Waals surface area contributed by atoms with E-state index in [4.69, 9.17) is 11.6 Å². The minimum Gasteiger partial charge on any atom is -0.367 e. The molecule has 2 heterocycles. The molecule has 156 valence electrons. The zero-order valence-electron chi connectivity index (χ0n) is 15.4. The highest BCUT2D eigenvalue weighted by atomic mass is 35.5. The van der Waals surface area contributed by atoms with E-state index in [2.05, 4.69) is 10.2 Å². The number of halogens is 4. The normalized spacial score (nSPS) is 22.5. The van der Waals surface area contributed by atoms with E-state index >= 15 is 0 Å². The molecule has 10 heteroatoms. The molecule has 1 saturated carbocycles. The second-order valence-electron chi connectivity index (χ2n) is 7.48. The molecule has 1 aliphatic carbocycles. The molecular formula is C19H19ClF3N3O2S. The number of nitrogens with zero attached hydrogens (tertiary/aromatic N) is 2. The van der Waals surface area contributed by atoms with Gasteiger partial charge in [-0.05, 0) is 48.7 Å². The molecule has 0 radical (unpaired) electrons. The largest absolute Gasteiger partial charge is 0.416 e. The van der Waals surface area contributed by atoms with Crippen LogP contribution in [-0.2, 0) is 11.0 Å². The molecule has 2 saturated heterocycles. The summed E-state index contributed by atoms with van der Waals surface area (Å²) in [6.07, 6.45) is -0.723. The van der Waals surface area contributed by atoms with Crippen molar-refractivity contribution in [3.63, 3.8) is 0 Å². The van der Waals surface area contributed by atoms with Crippen molar-refractivity contribution in [3.05, 3.63) is 33.2 Å². The zero-order chi connectivity index (χ0) is 20.8. The fourth-order valence-electron chi connectivity index (χ4n) is 3.61. The van der Waals surface area contributed by atoms with Gasteiger partial charge in [0.1, 0.15) is 0 Å². The Bertz CT molecular complexity index is 878. The number of imide groups is 1. The van der Waals surface area contributed by atoms with Gasteiger partial charge in [0, 0.05) is 38.3 Å². The van der Waals surface area contributed by atoms with Crippen LogP contribution < -0.4 is 10.2 Å². The third-order valence-corrected chi connectivity index (χ3v) is 6.35. The highest BCUT2D eigenvalue weighted by Crippen LogP contribution is 2.40. The zero-order valence-corrected chi connectivity index (χ0v) is 17.0. The second-order valence-corrected chi connectivity index (χ2v) is 8.90. The Hall–Kier alpha value is -1.71. The molecule has 0 atom stereocenters. The number of carbonyl (C=O) groups excluding carboxylic acids is 2. The van der Waals surface area contributed by atoms with Crippen LogP contribution in [0.5, 0.6) is 0 Å². The van der Waals surface area contributed by atoms with Crippen LogP contribution in [0.25, 0.3) is 6.08 Å². The maximum atomic E-state index is 13.3. The summed E-state index contributed by atoms with van der Waals surface area (Å²) >= 11 is 6.96. The van der Waals surface area contributed by atoms with Crippen LogP contribution in [0.1, 0.15) is 24.0 Å². The molecule has 0 unspecified atom stereocenters. The molecule has 3 aliphatic rings. The molecule has 1 aromatic carbocycles. The summed E-state index contributed by atoms with van der Waals surface area (Å²) in [4.78, 5) is 27.7. The summed E-state index contributed by atoms with van der Waals surface area (Å²) in [5.41, 5.74) is -0.237.